The predicted octanol–water partition coefficient (Wildman–Crippen LogP) is 4.46. The van der Waals surface area contributed by atoms with Gasteiger partial charge in [-0.05, 0) is 38.1 Å². The van der Waals surface area contributed by atoms with Crippen molar-refractivity contribution >= 4 is 17.5 Å². The second kappa shape index (κ2) is 9.01. The number of carbonyl (C=O) groups excluding carboxylic acids is 1. The Morgan fingerprint density at radius 1 is 1.24 bits per heavy atom. The molecule has 0 bridgehead atoms. The molecule has 0 saturated heterocycles. The lowest BCUT2D eigenvalue weighted by Crippen LogP contribution is -2.23. The zero-order valence-corrected chi connectivity index (χ0v) is 17.7. The molecule has 3 rings (SSSR count). The molecular formula is C22H24ClN3O3. The first-order chi connectivity index (χ1) is 13.9. The van der Waals surface area contributed by atoms with E-state index in [2.05, 4.69) is 10.4 Å². The number of ether oxygens (including phenoxy) is 2. The fourth-order valence-corrected chi connectivity index (χ4v) is 3.51. The number of nitrogens with one attached hydrogen (secondary N) is 1. The van der Waals surface area contributed by atoms with Crippen LogP contribution in [0, 0.1) is 6.92 Å². The van der Waals surface area contributed by atoms with E-state index >= 15 is 0 Å². The molecule has 7 heteroatoms. The van der Waals surface area contributed by atoms with E-state index in [0.29, 0.717) is 23.0 Å². The molecule has 29 heavy (non-hydrogen) atoms. The summed E-state index contributed by atoms with van der Waals surface area (Å²) < 4.78 is 12.9. The van der Waals surface area contributed by atoms with Crippen LogP contribution in [0.3, 0.4) is 0 Å². The number of rotatable bonds is 7. The quantitative estimate of drug-likeness (QED) is 0.621. The SMILES string of the molecule is COc1c(CNC(=O)c2ccc(C(C)Oc3ccccc3)c(Cl)c2)c(C)nn1C. The first kappa shape index (κ1) is 20.7. The summed E-state index contributed by atoms with van der Waals surface area (Å²) in [5.74, 6) is 1.17. The maximum atomic E-state index is 12.6. The summed E-state index contributed by atoms with van der Waals surface area (Å²) >= 11 is 6.43. The van der Waals surface area contributed by atoms with Gasteiger partial charge in [0.1, 0.15) is 11.9 Å². The number of hydrogen-bond acceptors (Lipinski definition) is 4. The number of carbonyl (C=O) groups is 1. The number of para-hydroxylation sites is 1. The van der Waals surface area contributed by atoms with Crippen LogP contribution in [0.15, 0.2) is 48.5 Å². The number of aromatic nitrogens is 2. The molecule has 1 aromatic heterocycles. The van der Waals surface area contributed by atoms with Crippen molar-refractivity contribution in [3.63, 3.8) is 0 Å². The first-order valence-electron chi connectivity index (χ1n) is 9.26. The minimum atomic E-state index is -0.246. The highest BCUT2D eigenvalue weighted by atomic mass is 35.5. The lowest BCUT2D eigenvalue weighted by atomic mass is 10.1. The number of amides is 1. The highest BCUT2D eigenvalue weighted by Gasteiger charge is 2.17. The summed E-state index contributed by atoms with van der Waals surface area (Å²) in [6.07, 6.45) is -0.246. The van der Waals surface area contributed by atoms with Crippen LogP contribution in [0.4, 0.5) is 0 Å². The summed E-state index contributed by atoms with van der Waals surface area (Å²) in [6, 6.07) is 14.8. The summed E-state index contributed by atoms with van der Waals surface area (Å²) in [5.41, 5.74) is 2.95. The molecule has 2 aromatic carbocycles. The van der Waals surface area contributed by atoms with Crippen molar-refractivity contribution < 1.29 is 14.3 Å². The van der Waals surface area contributed by atoms with Crippen molar-refractivity contribution in [1.29, 1.82) is 0 Å². The van der Waals surface area contributed by atoms with E-state index in [-0.39, 0.29) is 12.0 Å². The van der Waals surface area contributed by atoms with E-state index in [1.54, 1.807) is 31.0 Å². The molecule has 0 spiro atoms. The van der Waals surface area contributed by atoms with E-state index in [0.717, 1.165) is 22.6 Å². The number of aryl methyl sites for hydroxylation is 2. The van der Waals surface area contributed by atoms with Gasteiger partial charge in [0.05, 0.1) is 24.9 Å². The topological polar surface area (TPSA) is 65.4 Å². The minimum absolute atomic E-state index is 0.222. The Balaban J connectivity index is 1.69. The molecule has 1 heterocycles. The van der Waals surface area contributed by atoms with Gasteiger partial charge in [0.25, 0.3) is 5.91 Å². The Bertz CT molecular complexity index is 1000. The van der Waals surface area contributed by atoms with E-state index in [4.69, 9.17) is 21.1 Å². The van der Waals surface area contributed by atoms with Gasteiger partial charge in [-0.15, -0.1) is 0 Å². The normalized spacial score (nSPS) is 11.8. The molecule has 0 aliphatic rings. The summed E-state index contributed by atoms with van der Waals surface area (Å²) in [4.78, 5) is 12.6. The molecule has 1 amide bonds. The molecule has 0 fully saturated rings. The third-order valence-electron chi connectivity index (χ3n) is 4.66. The summed E-state index contributed by atoms with van der Waals surface area (Å²) in [7, 11) is 3.38. The van der Waals surface area contributed by atoms with Crippen molar-refractivity contribution in [3.05, 3.63) is 75.9 Å². The smallest absolute Gasteiger partial charge is 0.251 e. The van der Waals surface area contributed by atoms with Crippen LogP contribution in [0.2, 0.25) is 5.02 Å². The molecule has 152 valence electrons. The molecule has 6 nitrogen and oxygen atoms in total. The van der Waals surface area contributed by atoms with E-state index in [1.807, 2.05) is 50.2 Å². The molecule has 0 radical (unpaired) electrons. The van der Waals surface area contributed by atoms with Crippen LogP contribution in [0.25, 0.3) is 0 Å². The van der Waals surface area contributed by atoms with E-state index < -0.39 is 0 Å². The zero-order valence-electron chi connectivity index (χ0n) is 16.9. The average molecular weight is 414 g/mol. The minimum Gasteiger partial charge on any atom is -0.486 e. The molecule has 1 unspecified atom stereocenters. The largest absolute Gasteiger partial charge is 0.486 e. The maximum Gasteiger partial charge on any atom is 0.251 e. The van der Waals surface area contributed by atoms with Crippen molar-refractivity contribution in [2.75, 3.05) is 7.11 Å². The second-order valence-corrected chi connectivity index (χ2v) is 7.10. The lowest BCUT2D eigenvalue weighted by Gasteiger charge is -2.17. The maximum absolute atomic E-state index is 12.6. The van der Waals surface area contributed by atoms with Crippen LogP contribution in [-0.2, 0) is 13.6 Å². The molecule has 1 N–H and O–H groups in total. The number of nitrogens with zero attached hydrogens (tertiary/aromatic N) is 2. The summed E-state index contributed by atoms with van der Waals surface area (Å²) in [5, 5.41) is 7.70. The van der Waals surface area contributed by atoms with Crippen LogP contribution in [0.5, 0.6) is 11.6 Å². The van der Waals surface area contributed by atoms with Crippen LogP contribution in [0.1, 0.15) is 40.2 Å². The number of hydrogen-bond donors (Lipinski definition) is 1. The van der Waals surface area contributed by atoms with Gasteiger partial charge >= 0.3 is 0 Å². The molecule has 3 aromatic rings. The average Bonchev–Trinajstić information content (AvgIpc) is 2.98. The van der Waals surface area contributed by atoms with Gasteiger partial charge in [-0.2, -0.15) is 5.10 Å². The fraction of sp³-hybridized carbons (Fsp3) is 0.273. The Hall–Kier alpha value is -2.99. The highest BCUT2D eigenvalue weighted by molar-refractivity contribution is 6.31. The Labute approximate surface area is 175 Å². The van der Waals surface area contributed by atoms with Gasteiger partial charge in [-0.3, -0.25) is 4.79 Å². The Morgan fingerprint density at radius 3 is 2.62 bits per heavy atom. The van der Waals surface area contributed by atoms with Crippen molar-refractivity contribution in [1.82, 2.24) is 15.1 Å². The number of benzene rings is 2. The van der Waals surface area contributed by atoms with Gasteiger partial charge < -0.3 is 14.8 Å². The molecule has 1 atom stereocenters. The predicted molar refractivity (Wildman–Crippen MR) is 113 cm³/mol. The highest BCUT2D eigenvalue weighted by Crippen LogP contribution is 2.28. The van der Waals surface area contributed by atoms with E-state index in [9.17, 15) is 4.79 Å². The fourth-order valence-electron chi connectivity index (χ4n) is 3.18. The zero-order chi connectivity index (χ0) is 21.0. The van der Waals surface area contributed by atoms with Gasteiger partial charge in [0, 0.05) is 23.2 Å². The Kier molecular flexibility index (Phi) is 6.44. The number of halogens is 1. The Morgan fingerprint density at radius 2 is 1.97 bits per heavy atom. The van der Waals surface area contributed by atoms with Crippen molar-refractivity contribution in [2.45, 2.75) is 26.5 Å². The number of methoxy groups -OCH3 is 1. The molecule has 0 aliphatic heterocycles. The third kappa shape index (κ3) is 4.71. The monoisotopic (exact) mass is 413 g/mol. The molecule has 0 aliphatic carbocycles. The van der Waals surface area contributed by atoms with Crippen LogP contribution in [-0.4, -0.2) is 22.8 Å². The van der Waals surface area contributed by atoms with Gasteiger partial charge in [-0.1, -0.05) is 35.9 Å². The van der Waals surface area contributed by atoms with Gasteiger partial charge in [0.15, 0.2) is 0 Å². The standard InChI is InChI=1S/C22H24ClN3O3/c1-14-19(22(28-4)26(3)25-14)13-24-21(27)16-10-11-18(20(23)12-16)15(2)29-17-8-6-5-7-9-17/h5-12,15H,13H2,1-4H3,(H,24,27). The van der Waals surface area contributed by atoms with Gasteiger partial charge in [-0.25, -0.2) is 4.68 Å². The second-order valence-electron chi connectivity index (χ2n) is 6.69. The molecular weight excluding hydrogens is 390 g/mol. The first-order valence-corrected chi connectivity index (χ1v) is 9.64. The van der Waals surface area contributed by atoms with Crippen molar-refractivity contribution in [2.24, 2.45) is 7.05 Å². The van der Waals surface area contributed by atoms with Crippen LogP contribution >= 0.6 is 11.6 Å². The van der Waals surface area contributed by atoms with E-state index in [1.165, 1.54) is 0 Å². The summed E-state index contributed by atoms with van der Waals surface area (Å²) in [6.45, 7) is 4.11. The van der Waals surface area contributed by atoms with Crippen molar-refractivity contribution in [3.8, 4) is 11.6 Å². The van der Waals surface area contributed by atoms with Gasteiger partial charge in [0.2, 0.25) is 5.88 Å². The lowest BCUT2D eigenvalue weighted by molar-refractivity contribution is 0.0950. The third-order valence-corrected chi connectivity index (χ3v) is 4.99. The van der Waals surface area contributed by atoms with Crippen LogP contribution < -0.4 is 14.8 Å². The molecule has 0 saturated carbocycles.